The lowest BCUT2D eigenvalue weighted by atomic mass is 9.82. The number of pyridine rings is 1. The highest BCUT2D eigenvalue weighted by Gasteiger charge is 2.35. The molecule has 1 fully saturated rings. The summed E-state index contributed by atoms with van der Waals surface area (Å²) in [4.78, 5) is 15.2. The number of aromatic amines is 1. The van der Waals surface area contributed by atoms with E-state index < -0.39 is 0 Å². The molecule has 2 heteroatoms. The van der Waals surface area contributed by atoms with Gasteiger partial charge in [-0.3, -0.25) is 4.79 Å². The molecule has 0 unspecified atom stereocenters. The van der Waals surface area contributed by atoms with Crippen LogP contribution in [-0.2, 0) is 6.42 Å². The zero-order chi connectivity index (χ0) is 11.4. The van der Waals surface area contributed by atoms with E-state index in [9.17, 15) is 4.79 Å². The smallest absolute Gasteiger partial charge is 0.251 e. The van der Waals surface area contributed by atoms with Gasteiger partial charge in [0.25, 0.3) is 5.56 Å². The first kappa shape index (κ1) is 9.46. The Morgan fingerprint density at radius 3 is 3.00 bits per heavy atom. The van der Waals surface area contributed by atoms with Crippen LogP contribution in [0.1, 0.15) is 36.3 Å². The summed E-state index contributed by atoms with van der Waals surface area (Å²) in [6.45, 7) is 0. The van der Waals surface area contributed by atoms with Crippen LogP contribution in [-0.4, -0.2) is 4.98 Å². The summed E-state index contributed by atoms with van der Waals surface area (Å²) in [5.41, 5.74) is 3.58. The number of benzene rings is 1. The Balaban J connectivity index is 2.13. The molecule has 1 aromatic carbocycles. The highest BCUT2D eigenvalue weighted by atomic mass is 16.1. The summed E-state index contributed by atoms with van der Waals surface area (Å²) < 4.78 is 0. The first-order chi connectivity index (χ1) is 8.33. The molecular weight excluding hydrogens is 210 g/mol. The SMILES string of the molecule is O=c1[nH]c2ccccc2c2c1C[C@H]1CC[C@@H]2C1. The summed E-state index contributed by atoms with van der Waals surface area (Å²) in [5.74, 6) is 1.39. The van der Waals surface area contributed by atoms with Crippen LogP contribution in [0.3, 0.4) is 0 Å². The zero-order valence-electron chi connectivity index (χ0n) is 9.70. The quantitative estimate of drug-likeness (QED) is 0.734. The lowest BCUT2D eigenvalue weighted by Crippen LogP contribution is -2.22. The first-order valence-electron chi connectivity index (χ1n) is 6.46. The molecule has 2 atom stereocenters. The van der Waals surface area contributed by atoms with Gasteiger partial charge in [0.2, 0.25) is 0 Å². The Kier molecular flexibility index (Phi) is 1.79. The van der Waals surface area contributed by atoms with Crippen LogP contribution in [0.4, 0.5) is 0 Å². The first-order valence-corrected chi connectivity index (χ1v) is 6.46. The second kappa shape index (κ2) is 3.22. The van der Waals surface area contributed by atoms with Crippen molar-refractivity contribution in [1.82, 2.24) is 4.98 Å². The molecule has 0 amide bonds. The van der Waals surface area contributed by atoms with Crippen LogP contribution >= 0.6 is 0 Å². The van der Waals surface area contributed by atoms with E-state index in [0.717, 1.165) is 23.4 Å². The van der Waals surface area contributed by atoms with Gasteiger partial charge in [0, 0.05) is 16.5 Å². The van der Waals surface area contributed by atoms with Gasteiger partial charge in [-0.05, 0) is 49.1 Å². The van der Waals surface area contributed by atoms with Crippen molar-refractivity contribution in [3.8, 4) is 0 Å². The molecule has 0 aliphatic heterocycles. The number of hydrogen-bond donors (Lipinski definition) is 1. The predicted molar refractivity (Wildman–Crippen MR) is 68.4 cm³/mol. The molecule has 4 rings (SSSR count). The summed E-state index contributed by atoms with van der Waals surface area (Å²) in [5, 5.41) is 1.27. The van der Waals surface area contributed by atoms with E-state index in [1.165, 1.54) is 30.2 Å². The minimum absolute atomic E-state index is 0.148. The predicted octanol–water partition coefficient (Wildman–Crippen LogP) is 2.97. The average molecular weight is 225 g/mol. The molecule has 0 saturated heterocycles. The average Bonchev–Trinajstić information content (AvgIpc) is 2.72. The van der Waals surface area contributed by atoms with Gasteiger partial charge in [-0.2, -0.15) is 0 Å². The van der Waals surface area contributed by atoms with E-state index in [2.05, 4.69) is 17.1 Å². The fourth-order valence-corrected chi connectivity index (χ4v) is 3.79. The van der Waals surface area contributed by atoms with Crippen LogP contribution in [0.5, 0.6) is 0 Å². The van der Waals surface area contributed by atoms with Gasteiger partial charge in [-0.25, -0.2) is 0 Å². The van der Waals surface area contributed by atoms with Crippen LogP contribution < -0.4 is 5.56 Å². The standard InChI is InChI=1S/C15H15NO/c17-15-12-8-9-5-6-10(7-9)14(12)11-3-1-2-4-13(11)16-15/h1-4,9-10H,5-8H2,(H,16,17)/t9-,10+/m0/s1. The third kappa shape index (κ3) is 1.24. The van der Waals surface area contributed by atoms with Crippen molar-refractivity contribution < 1.29 is 0 Å². The molecule has 2 bridgehead atoms. The fourth-order valence-electron chi connectivity index (χ4n) is 3.79. The Morgan fingerprint density at radius 2 is 2.06 bits per heavy atom. The number of aromatic nitrogens is 1. The Labute approximate surface area is 99.7 Å². The van der Waals surface area contributed by atoms with Crippen molar-refractivity contribution in [3.63, 3.8) is 0 Å². The van der Waals surface area contributed by atoms with E-state index in [1.54, 1.807) is 0 Å². The maximum absolute atomic E-state index is 12.1. The van der Waals surface area contributed by atoms with Gasteiger partial charge in [-0.15, -0.1) is 0 Å². The molecule has 1 aromatic heterocycles. The van der Waals surface area contributed by atoms with Crippen molar-refractivity contribution in [2.45, 2.75) is 31.6 Å². The lowest BCUT2D eigenvalue weighted by Gasteiger charge is -2.23. The highest BCUT2D eigenvalue weighted by molar-refractivity contribution is 5.84. The van der Waals surface area contributed by atoms with E-state index >= 15 is 0 Å². The Morgan fingerprint density at radius 1 is 1.18 bits per heavy atom. The Bertz CT molecular complexity index is 656. The lowest BCUT2D eigenvalue weighted by molar-refractivity contribution is 0.508. The minimum Gasteiger partial charge on any atom is -0.322 e. The number of rotatable bonds is 0. The van der Waals surface area contributed by atoms with Gasteiger partial charge in [0.1, 0.15) is 0 Å². The molecule has 1 heterocycles. The normalized spacial score (nSPS) is 26.1. The molecular formula is C15H15NO. The highest BCUT2D eigenvalue weighted by Crippen LogP contribution is 2.46. The monoisotopic (exact) mass is 225 g/mol. The third-order valence-corrected chi connectivity index (χ3v) is 4.51. The molecule has 17 heavy (non-hydrogen) atoms. The number of fused-ring (bicyclic) bond motifs is 6. The number of nitrogens with one attached hydrogen (secondary N) is 1. The van der Waals surface area contributed by atoms with Gasteiger partial charge in [0.15, 0.2) is 0 Å². The maximum atomic E-state index is 12.1. The van der Waals surface area contributed by atoms with Crippen molar-refractivity contribution in [2.24, 2.45) is 5.92 Å². The molecule has 0 radical (unpaired) electrons. The fraction of sp³-hybridized carbons (Fsp3) is 0.400. The molecule has 2 nitrogen and oxygen atoms in total. The second-order valence-electron chi connectivity index (χ2n) is 5.47. The second-order valence-corrected chi connectivity index (χ2v) is 5.47. The van der Waals surface area contributed by atoms with E-state index in [4.69, 9.17) is 0 Å². The number of H-pyrrole nitrogens is 1. The largest absolute Gasteiger partial charge is 0.322 e. The van der Waals surface area contributed by atoms with Crippen LogP contribution in [0, 0.1) is 5.92 Å². The van der Waals surface area contributed by atoms with E-state index in [-0.39, 0.29) is 5.56 Å². The van der Waals surface area contributed by atoms with Gasteiger partial charge in [-0.1, -0.05) is 18.2 Å². The molecule has 0 spiro atoms. The summed E-state index contributed by atoms with van der Waals surface area (Å²) in [7, 11) is 0. The van der Waals surface area contributed by atoms with Crippen LogP contribution in [0.15, 0.2) is 29.1 Å². The van der Waals surface area contributed by atoms with Crippen LogP contribution in [0.25, 0.3) is 10.9 Å². The maximum Gasteiger partial charge on any atom is 0.251 e. The van der Waals surface area contributed by atoms with Gasteiger partial charge in [0.05, 0.1) is 0 Å². The number of hydrogen-bond acceptors (Lipinski definition) is 1. The van der Waals surface area contributed by atoms with Crippen molar-refractivity contribution in [3.05, 3.63) is 45.7 Å². The molecule has 2 aromatic rings. The Hall–Kier alpha value is -1.57. The third-order valence-electron chi connectivity index (χ3n) is 4.51. The number of para-hydroxylation sites is 1. The zero-order valence-corrected chi connectivity index (χ0v) is 9.70. The molecule has 1 N–H and O–H groups in total. The topological polar surface area (TPSA) is 32.9 Å². The minimum atomic E-state index is 0.148. The molecule has 2 aliphatic carbocycles. The van der Waals surface area contributed by atoms with E-state index in [1.807, 2.05) is 12.1 Å². The van der Waals surface area contributed by atoms with Crippen LogP contribution in [0.2, 0.25) is 0 Å². The van der Waals surface area contributed by atoms with E-state index in [0.29, 0.717) is 5.92 Å². The molecule has 1 saturated carbocycles. The molecule has 2 aliphatic rings. The van der Waals surface area contributed by atoms with Crippen molar-refractivity contribution in [2.75, 3.05) is 0 Å². The van der Waals surface area contributed by atoms with Crippen molar-refractivity contribution in [1.29, 1.82) is 0 Å². The van der Waals surface area contributed by atoms with Gasteiger partial charge < -0.3 is 4.98 Å². The summed E-state index contributed by atoms with van der Waals surface area (Å²) >= 11 is 0. The summed E-state index contributed by atoms with van der Waals surface area (Å²) in [6, 6.07) is 8.23. The van der Waals surface area contributed by atoms with Crippen molar-refractivity contribution >= 4 is 10.9 Å². The molecule has 86 valence electrons. The summed E-state index contributed by atoms with van der Waals surface area (Å²) in [6.07, 6.45) is 4.85. The van der Waals surface area contributed by atoms with Gasteiger partial charge >= 0.3 is 0 Å².